The van der Waals surface area contributed by atoms with Crippen LogP contribution in [0.25, 0.3) is 0 Å². The molecular weight excluding hydrogens is 726 g/mol. The number of carbonyl (C=O) groups excluding carboxylic acids is 3. The van der Waals surface area contributed by atoms with Gasteiger partial charge in [0.15, 0.2) is 5.78 Å². The number of aliphatic carboxylic acids is 1. The quantitative estimate of drug-likeness (QED) is 0.213. The van der Waals surface area contributed by atoms with Gasteiger partial charge in [-0.3, -0.25) is 19.2 Å². The Morgan fingerprint density at radius 3 is 2.16 bits per heavy atom. The fraction of sp³-hybridized carbons (Fsp3) is 0.745. The van der Waals surface area contributed by atoms with Crippen LogP contribution in [0, 0.1) is 68.0 Å². The zero-order chi connectivity index (χ0) is 41.0. The minimum atomic E-state index is -0.866. The Kier molecular flexibility index (Phi) is 10.3. The molecule has 0 radical (unpaired) electrons. The number of rotatable bonds is 9. The Morgan fingerprint density at radius 1 is 0.857 bits per heavy atom. The van der Waals surface area contributed by atoms with E-state index < -0.39 is 34.7 Å². The van der Waals surface area contributed by atoms with Crippen molar-refractivity contribution in [3.8, 4) is 0 Å². The largest absolute Gasteiger partial charge is 0.481 e. The van der Waals surface area contributed by atoms with E-state index in [-0.39, 0.29) is 70.2 Å². The molecule has 1 aromatic rings. The number of ether oxygens (including phenoxy) is 1. The number of hydrogen-bond acceptors (Lipinski definition) is 6. The van der Waals surface area contributed by atoms with Crippen LogP contribution in [0.2, 0.25) is 5.02 Å². The Bertz CT molecular complexity index is 1820. The van der Waals surface area contributed by atoms with Gasteiger partial charge in [-0.1, -0.05) is 91.6 Å². The first-order valence-electron chi connectivity index (χ1n) is 21.4. The van der Waals surface area contributed by atoms with Crippen molar-refractivity contribution in [2.45, 2.75) is 145 Å². The number of esters is 1. The van der Waals surface area contributed by atoms with E-state index in [0.29, 0.717) is 29.7 Å². The predicted molar refractivity (Wildman–Crippen MR) is 216 cm³/mol. The lowest BCUT2D eigenvalue weighted by Crippen LogP contribution is -2.66. The van der Waals surface area contributed by atoms with E-state index in [2.05, 4.69) is 53.8 Å². The highest BCUT2D eigenvalue weighted by molar-refractivity contribution is 6.30. The van der Waals surface area contributed by atoms with Crippen LogP contribution < -0.4 is 5.32 Å². The number of nitrogens with one attached hydrogen (secondary N) is 1. The number of hydrogen-bond donors (Lipinski definition) is 3. The molecule has 8 nitrogen and oxygen atoms in total. The van der Waals surface area contributed by atoms with Crippen LogP contribution in [-0.4, -0.2) is 52.6 Å². The average molecular weight is 792 g/mol. The van der Waals surface area contributed by atoms with E-state index in [0.717, 1.165) is 62.5 Å². The van der Waals surface area contributed by atoms with Gasteiger partial charge in [-0.15, -0.1) is 0 Å². The van der Waals surface area contributed by atoms with Crippen molar-refractivity contribution in [3.05, 3.63) is 46.0 Å². The molecule has 7 rings (SSSR count). The summed E-state index contributed by atoms with van der Waals surface area (Å²) in [5.74, 6) is -0.961. The van der Waals surface area contributed by atoms with E-state index in [1.165, 1.54) is 5.57 Å². The van der Waals surface area contributed by atoms with Crippen LogP contribution in [0.5, 0.6) is 0 Å². The molecule has 9 heteroatoms. The van der Waals surface area contributed by atoms with Crippen LogP contribution in [0.3, 0.4) is 0 Å². The number of benzene rings is 1. The van der Waals surface area contributed by atoms with Crippen molar-refractivity contribution >= 4 is 35.2 Å². The first kappa shape index (κ1) is 41.4. The average Bonchev–Trinajstić information content (AvgIpc) is 3.42. The summed E-state index contributed by atoms with van der Waals surface area (Å²) >= 11 is 6.05. The van der Waals surface area contributed by atoms with Gasteiger partial charge in [-0.25, -0.2) is 0 Å². The van der Waals surface area contributed by atoms with Crippen molar-refractivity contribution < 1.29 is 34.1 Å². The lowest BCUT2D eigenvalue weighted by molar-refractivity contribution is -0.238. The molecule has 0 aliphatic heterocycles. The third-order valence-electron chi connectivity index (χ3n) is 17.9. The molecule has 1 amide bonds. The number of aliphatic hydroxyl groups is 1. The van der Waals surface area contributed by atoms with E-state index in [9.17, 15) is 29.4 Å². The summed E-state index contributed by atoms with van der Waals surface area (Å²) in [6, 6.07) is 7.22. The van der Waals surface area contributed by atoms with Crippen LogP contribution in [0.15, 0.2) is 35.4 Å². The van der Waals surface area contributed by atoms with Crippen LogP contribution in [-0.2, 0) is 30.3 Å². The SMILES string of the molecule is CC(C)C1=C2[C@H]3CC[C@@H]4[C@@]5(C)CC[C@H](OC(=O)[C@H]6C[C@@H](C(=O)O)C6(C)C)C(C)(C)[C@@H]5CC[C@@]4(C)[C@]3(C)CC[C@@]2([C@@H](O)CNC(=O)Cc2ccc(Cl)cc2)CC1=O. The van der Waals surface area contributed by atoms with Crippen LogP contribution >= 0.6 is 11.6 Å². The minimum Gasteiger partial charge on any atom is -0.481 e. The lowest BCUT2D eigenvalue weighted by Gasteiger charge is -2.72. The van der Waals surface area contributed by atoms with Crippen LogP contribution in [0.1, 0.15) is 132 Å². The number of allylic oxidation sites excluding steroid dienone is 1. The fourth-order valence-corrected chi connectivity index (χ4v) is 14.6. The molecule has 11 atom stereocenters. The topological polar surface area (TPSA) is 130 Å². The zero-order valence-electron chi connectivity index (χ0n) is 35.2. The molecule has 6 aliphatic carbocycles. The third kappa shape index (κ3) is 6.06. The summed E-state index contributed by atoms with van der Waals surface area (Å²) in [5, 5.41) is 25.4. The Labute approximate surface area is 339 Å². The minimum absolute atomic E-state index is 0.00714. The van der Waals surface area contributed by atoms with Crippen molar-refractivity contribution in [1.29, 1.82) is 0 Å². The molecule has 1 aromatic carbocycles. The van der Waals surface area contributed by atoms with Gasteiger partial charge in [-0.05, 0) is 126 Å². The Balaban J connectivity index is 1.11. The summed E-state index contributed by atoms with van der Waals surface area (Å²) in [6.07, 6.45) is 7.27. The van der Waals surface area contributed by atoms with Gasteiger partial charge in [-0.2, -0.15) is 0 Å². The normalized spacial score (nSPS) is 40.0. The number of aliphatic hydroxyl groups excluding tert-OH is 1. The van der Waals surface area contributed by atoms with Gasteiger partial charge in [0.25, 0.3) is 0 Å². The van der Waals surface area contributed by atoms with Crippen molar-refractivity contribution in [2.75, 3.05) is 6.54 Å². The lowest BCUT2D eigenvalue weighted by atomic mass is 9.33. The highest BCUT2D eigenvalue weighted by Gasteiger charge is 2.71. The molecule has 0 saturated heterocycles. The van der Waals surface area contributed by atoms with Crippen molar-refractivity contribution in [1.82, 2.24) is 5.32 Å². The van der Waals surface area contributed by atoms with Crippen molar-refractivity contribution in [2.24, 2.45) is 68.0 Å². The van der Waals surface area contributed by atoms with E-state index in [4.69, 9.17) is 16.3 Å². The molecule has 5 fully saturated rings. The monoisotopic (exact) mass is 791 g/mol. The third-order valence-corrected chi connectivity index (χ3v) is 18.2. The molecule has 308 valence electrons. The van der Waals surface area contributed by atoms with E-state index >= 15 is 0 Å². The van der Waals surface area contributed by atoms with Gasteiger partial charge < -0.3 is 20.3 Å². The van der Waals surface area contributed by atoms with E-state index in [1.807, 2.05) is 26.0 Å². The Morgan fingerprint density at radius 2 is 1.54 bits per heavy atom. The van der Waals surface area contributed by atoms with Gasteiger partial charge in [0, 0.05) is 28.8 Å². The predicted octanol–water partition coefficient (Wildman–Crippen LogP) is 9.00. The number of halogens is 1. The molecule has 0 bridgehead atoms. The smallest absolute Gasteiger partial charge is 0.309 e. The molecular formula is C47H66ClNO7. The first-order chi connectivity index (χ1) is 26.0. The molecule has 3 N–H and O–H groups in total. The molecule has 0 heterocycles. The summed E-state index contributed by atoms with van der Waals surface area (Å²) in [6.45, 7) is 20.2. The number of ketones is 1. The second kappa shape index (κ2) is 14.0. The number of Topliss-reactive ketones (excluding diaryl/α,β-unsaturated/α-hetero) is 1. The van der Waals surface area contributed by atoms with Gasteiger partial charge in [0.1, 0.15) is 6.10 Å². The zero-order valence-corrected chi connectivity index (χ0v) is 36.0. The first-order valence-corrected chi connectivity index (χ1v) is 21.8. The standard InChI is InChI=1S/C47H66ClNO7/c1-26(2)38-32(50)24-47(35(51)25-49-37(52)22-27-10-12-28(48)13-11-27)21-20-45(8)29(39(38)47)14-15-34-44(7)18-17-36(43(5,6)33(44)16-19-46(34,45)9)56-41(55)31-23-30(40(53)54)42(31,3)4/h10-13,26,29-31,33-36,51H,14-25H2,1-9H3,(H,49,52)(H,53,54)/t29-,30+,31-,33+,34-,35+,36+,44+,45-,46-,47+/m1/s1. The second-order valence-electron chi connectivity index (χ2n) is 21.3. The van der Waals surface area contributed by atoms with Gasteiger partial charge in [0.05, 0.1) is 24.4 Å². The summed E-state index contributed by atoms with van der Waals surface area (Å²) < 4.78 is 6.40. The highest BCUT2D eigenvalue weighted by Crippen LogP contribution is 2.77. The Hall–Kier alpha value is -2.71. The molecule has 0 spiro atoms. The number of carbonyl (C=O) groups is 4. The van der Waals surface area contributed by atoms with Gasteiger partial charge in [0.2, 0.25) is 5.91 Å². The molecule has 6 aliphatic rings. The number of amides is 1. The fourth-order valence-electron chi connectivity index (χ4n) is 14.5. The molecule has 0 aromatic heterocycles. The number of carboxylic acids is 1. The number of fused-ring (bicyclic) bond motifs is 7. The summed E-state index contributed by atoms with van der Waals surface area (Å²) in [5.41, 5.74) is 1.40. The number of carboxylic acid groups (broad SMARTS) is 1. The van der Waals surface area contributed by atoms with E-state index in [1.54, 1.807) is 12.1 Å². The molecule has 56 heavy (non-hydrogen) atoms. The molecule has 5 saturated carbocycles. The molecule has 0 unspecified atom stereocenters. The van der Waals surface area contributed by atoms with Gasteiger partial charge >= 0.3 is 11.9 Å². The maximum Gasteiger partial charge on any atom is 0.309 e. The highest BCUT2D eigenvalue weighted by atomic mass is 35.5. The van der Waals surface area contributed by atoms with Crippen molar-refractivity contribution in [3.63, 3.8) is 0 Å². The maximum atomic E-state index is 14.1. The second-order valence-corrected chi connectivity index (χ2v) is 21.7. The maximum absolute atomic E-state index is 14.1. The van der Waals surface area contributed by atoms with Crippen LogP contribution in [0.4, 0.5) is 0 Å². The summed E-state index contributed by atoms with van der Waals surface area (Å²) in [4.78, 5) is 52.5. The summed E-state index contributed by atoms with van der Waals surface area (Å²) in [7, 11) is 0.